The number of hydrogen-bond donors (Lipinski definition) is 1. The fourth-order valence-electron chi connectivity index (χ4n) is 3.24. The molecule has 1 N–H and O–H groups in total. The average Bonchev–Trinajstić information content (AvgIpc) is 3.29. The van der Waals surface area contributed by atoms with Crippen LogP contribution in [0.25, 0.3) is 23.0 Å². The molecule has 4 rings (SSSR count). The maximum Gasteiger partial charge on any atom is 0.266 e. The Balaban J connectivity index is 1.67. The van der Waals surface area contributed by atoms with Crippen molar-refractivity contribution in [3.05, 3.63) is 96.5 Å². The summed E-state index contributed by atoms with van der Waals surface area (Å²) in [6.07, 6.45) is 6.70. The highest BCUT2D eigenvalue weighted by Gasteiger charge is 2.15. The summed E-state index contributed by atoms with van der Waals surface area (Å²) in [6, 6.07) is 22.3. The van der Waals surface area contributed by atoms with Gasteiger partial charge in [0.15, 0.2) is 0 Å². The standard InChI is InChI=1S/C26H21N5O2/c1-2-33-24-10-8-22(9-11-24)29-26(32)20(17-27)16-21-18-31(23-6-4-3-5-7-23)30-25(21)19-12-14-28-15-13-19/h3-16,18H,2H2,1H3,(H,29,32)/b20-16+. The number of nitrogens with zero attached hydrogens (tertiary/aromatic N) is 4. The summed E-state index contributed by atoms with van der Waals surface area (Å²) in [5.41, 5.74) is 3.51. The number of para-hydroxylation sites is 1. The van der Waals surface area contributed by atoms with Gasteiger partial charge in [0.05, 0.1) is 12.3 Å². The number of benzene rings is 2. The predicted octanol–water partition coefficient (Wildman–Crippen LogP) is 4.88. The van der Waals surface area contributed by atoms with Crippen LogP contribution in [0.1, 0.15) is 12.5 Å². The molecule has 1 amide bonds. The Kier molecular flexibility index (Phi) is 6.57. The van der Waals surface area contributed by atoms with Gasteiger partial charge in [-0.2, -0.15) is 10.4 Å². The quantitative estimate of drug-likeness (QED) is 0.330. The van der Waals surface area contributed by atoms with Crippen LogP contribution in [0.3, 0.4) is 0 Å². The molecule has 0 fully saturated rings. The van der Waals surface area contributed by atoms with Crippen molar-refractivity contribution in [2.24, 2.45) is 0 Å². The summed E-state index contributed by atoms with van der Waals surface area (Å²) in [6.45, 7) is 2.46. The Morgan fingerprint density at radius 3 is 2.48 bits per heavy atom. The fourth-order valence-corrected chi connectivity index (χ4v) is 3.24. The van der Waals surface area contributed by atoms with Gasteiger partial charge in [-0.3, -0.25) is 9.78 Å². The SMILES string of the molecule is CCOc1ccc(NC(=O)/C(C#N)=C/c2cn(-c3ccccc3)nc2-c2ccncc2)cc1. The number of amides is 1. The van der Waals surface area contributed by atoms with E-state index in [0.717, 1.165) is 11.3 Å². The molecule has 0 saturated carbocycles. The van der Waals surface area contributed by atoms with E-state index in [0.29, 0.717) is 29.3 Å². The molecule has 162 valence electrons. The van der Waals surface area contributed by atoms with Gasteiger partial charge < -0.3 is 10.1 Å². The van der Waals surface area contributed by atoms with E-state index in [9.17, 15) is 10.1 Å². The van der Waals surface area contributed by atoms with E-state index in [1.165, 1.54) is 0 Å². The molecule has 0 aliphatic rings. The molecule has 2 aromatic carbocycles. The number of hydrogen-bond acceptors (Lipinski definition) is 5. The smallest absolute Gasteiger partial charge is 0.266 e. The summed E-state index contributed by atoms with van der Waals surface area (Å²) in [7, 11) is 0. The number of aromatic nitrogens is 3. The molecular weight excluding hydrogens is 414 g/mol. The van der Waals surface area contributed by atoms with Crippen LogP contribution in [0.5, 0.6) is 5.75 Å². The first-order valence-electron chi connectivity index (χ1n) is 10.4. The highest BCUT2D eigenvalue weighted by Crippen LogP contribution is 2.26. The summed E-state index contributed by atoms with van der Waals surface area (Å²) in [4.78, 5) is 16.9. The third-order valence-electron chi connectivity index (χ3n) is 4.81. The van der Waals surface area contributed by atoms with Gasteiger partial charge >= 0.3 is 0 Å². The number of nitrogens with one attached hydrogen (secondary N) is 1. The van der Waals surface area contributed by atoms with Crippen molar-refractivity contribution in [1.82, 2.24) is 14.8 Å². The molecule has 0 aliphatic heterocycles. The zero-order valence-corrected chi connectivity index (χ0v) is 18.0. The molecule has 33 heavy (non-hydrogen) atoms. The van der Waals surface area contributed by atoms with Crippen LogP contribution in [0.2, 0.25) is 0 Å². The Hall–Kier alpha value is -4.70. The molecule has 0 spiro atoms. The normalized spacial score (nSPS) is 11.0. The van der Waals surface area contributed by atoms with E-state index in [4.69, 9.17) is 9.84 Å². The van der Waals surface area contributed by atoms with Crippen molar-refractivity contribution in [3.63, 3.8) is 0 Å². The number of anilines is 1. The van der Waals surface area contributed by atoms with E-state index >= 15 is 0 Å². The predicted molar refractivity (Wildman–Crippen MR) is 127 cm³/mol. The molecule has 0 radical (unpaired) electrons. The second-order valence-electron chi connectivity index (χ2n) is 7.03. The Morgan fingerprint density at radius 2 is 1.82 bits per heavy atom. The first-order chi connectivity index (χ1) is 16.2. The molecule has 0 aliphatic carbocycles. The summed E-state index contributed by atoms with van der Waals surface area (Å²) in [5.74, 6) is 0.205. The zero-order chi connectivity index (χ0) is 23.0. The number of rotatable bonds is 7. The van der Waals surface area contributed by atoms with Crippen LogP contribution in [0.4, 0.5) is 5.69 Å². The van der Waals surface area contributed by atoms with Gasteiger partial charge in [0.25, 0.3) is 5.91 Å². The van der Waals surface area contributed by atoms with E-state index < -0.39 is 5.91 Å². The molecule has 7 nitrogen and oxygen atoms in total. The second-order valence-corrected chi connectivity index (χ2v) is 7.03. The summed E-state index contributed by atoms with van der Waals surface area (Å²) >= 11 is 0. The lowest BCUT2D eigenvalue weighted by Gasteiger charge is -2.06. The molecule has 0 saturated heterocycles. The monoisotopic (exact) mass is 435 g/mol. The van der Waals surface area contributed by atoms with Crippen molar-refractivity contribution in [2.45, 2.75) is 6.92 Å². The van der Waals surface area contributed by atoms with Crippen LogP contribution >= 0.6 is 0 Å². The topological polar surface area (TPSA) is 92.8 Å². The molecular formula is C26H21N5O2. The van der Waals surface area contributed by atoms with Crippen molar-refractivity contribution in [3.8, 4) is 28.8 Å². The van der Waals surface area contributed by atoms with Gasteiger partial charge in [-0.1, -0.05) is 18.2 Å². The van der Waals surface area contributed by atoms with E-state index in [1.54, 1.807) is 53.6 Å². The molecule has 7 heteroatoms. The van der Waals surface area contributed by atoms with Crippen molar-refractivity contribution >= 4 is 17.7 Å². The van der Waals surface area contributed by atoms with Crippen LogP contribution in [-0.2, 0) is 4.79 Å². The number of ether oxygens (including phenoxy) is 1. The molecule has 0 unspecified atom stereocenters. The Bertz CT molecular complexity index is 1300. The number of carbonyl (C=O) groups is 1. The van der Waals surface area contributed by atoms with Crippen LogP contribution in [0, 0.1) is 11.3 Å². The van der Waals surface area contributed by atoms with Gasteiger partial charge in [0, 0.05) is 35.4 Å². The minimum atomic E-state index is -0.505. The molecule has 0 bridgehead atoms. The minimum Gasteiger partial charge on any atom is -0.494 e. The number of nitriles is 1. The van der Waals surface area contributed by atoms with Crippen molar-refractivity contribution < 1.29 is 9.53 Å². The lowest BCUT2D eigenvalue weighted by Crippen LogP contribution is -2.13. The van der Waals surface area contributed by atoms with Gasteiger partial charge in [-0.25, -0.2) is 4.68 Å². The van der Waals surface area contributed by atoms with Gasteiger partial charge in [0.2, 0.25) is 0 Å². The van der Waals surface area contributed by atoms with Gasteiger partial charge in [-0.15, -0.1) is 0 Å². The molecule has 2 heterocycles. The van der Waals surface area contributed by atoms with Crippen LogP contribution < -0.4 is 10.1 Å². The van der Waals surface area contributed by atoms with E-state index in [1.807, 2.05) is 55.5 Å². The lowest BCUT2D eigenvalue weighted by atomic mass is 10.1. The van der Waals surface area contributed by atoms with Crippen molar-refractivity contribution in [1.29, 1.82) is 5.26 Å². The number of carbonyl (C=O) groups excluding carboxylic acids is 1. The molecule has 2 aromatic heterocycles. The minimum absolute atomic E-state index is 0.0354. The highest BCUT2D eigenvalue weighted by molar-refractivity contribution is 6.10. The third kappa shape index (κ3) is 5.14. The van der Waals surface area contributed by atoms with Crippen molar-refractivity contribution in [2.75, 3.05) is 11.9 Å². The lowest BCUT2D eigenvalue weighted by molar-refractivity contribution is -0.112. The molecule has 4 aromatic rings. The average molecular weight is 435 g/mol. The molecule has 0 atom stereocenters. The maximum atomic E-state index is 12.8. The van der Waals surface area contributed by atoms with Crippen LogP contribution in [0.15, 0.2) is 90.9 Å². The maximum absolute atomic E-state index is 12.8. The summed E-state index contributed by atoms with van der Waals surface area (Å²) in [5, 5.41) is 17.2. The highest BCUT2D eigenvalue weighted by atomic mass is 16.5. The second kappa shape index (κ2) is 10.1. The zero-order valence-electron chi connectivity index (χ0n) is 18.0. The van der Waals surface area contributed by atoms with Gasteiger partial charge in [0.1, 0.15) is 23.1 Å². The fraction of sp³-hybridized carbons (Fsp3) is 0.0769. The summed E-state index contributed by atoms with van der Waals surface area (Å²) < 4.78 is 7.14. The van der Waals surface area contributed by atoms with E-state index in [2.05, 4.69) is 10.3 Å². The third-order valence-corrected chi connectivity index (χ3v) is 4.81. The Morgan fingerprint density at radius 1 is 1.09 bits per heavy atom. The first-order valence-corrected chi connectivity index (χ1v) is 10.4. The first kappa shape index (κ1) is 21.5. The largest absolute Gasteiger partial charge is 0.494 e. The number of pyridine rings is 1. The van der Waals surface area contributed by atoms with Crippen LogP contribution in [-0.4, -0.2) is 27.3 Å². The van der Waals surface area contributed by atoms with E-state index in [-0.39, 0.29) is 5.57 Å². The Labute approximate surface area is 191 Å². The van der Waals surface area contributed by atoms with Gasteiger partial charge in [-0.05, 0) is 61.5 Å².